The maximum atomic E-state index is 13.9. The first-order chi connectivity index (χ1) is 17.8. The van der Waals surface area contributed by atoms with Gasteiger partial charge in [0.25, 0.3) is 5.56 Å². The molecule has 3 aromatic rings. The van der Waals surface area contributed by atoms with Gasteiger partial charge in [-0.1, -0.05) is 23.2 Å². The number of nitrogens with one attached hydrogen (secondary N) is 2. The number of carbonyl (C=O) groups is 1. The van der Waals surface area contributed by atoms with Gasteiger partial charge in [-0.2, -0.15) is 4.98 Å². The van der Waals surface area contributed by atoms with E-state index < -0.39 is 6.09 Å². The molecule has 1 unspecified atom stereocenters. The van der Waals surface area contributed by atoms with Crippen molar-refractivity contribution < 1.29 is 19.4 Å². The molecular weight excluding hydrogens is 523 g/mol. The highest BCUT2D eigenvalue weighted by atomic mass is 35.5. The lowest BCUT2D eigenvalue weighted by molar-refractivity contribution is 0.161. The first-order valence-corrected chi connectivity index (χ1v) is 12.4. The Morgan fingerprint density at radius 2 is 1.89 bits per heavy atom. The van der Waals surface area contributed by atoms with Gasteiger partial charge < -0.3 is 25.2 Å². The van der Waals surface area contributed by atoms with Gasteiger partial charge in [0, 0.05) is 55.9 Å². The molecule has 1 aliphatic rings. The predicted molar refractivity (Wildman–Crippen MR) is 143 cm³/mol. The van der Waals surface area contributed by atoms with Gasteiger partial charge in [-0.05, 0) is 25.5 Å². The fourth-order valence-corrected chi connectivity index (χ4v) is 5.28. The maximum Gasteiger partial charge on any atom is 0.404 e. The summed E-state index contributed by atoms with van der Waals surface area (Å²) in [6, 6.07) is 3.06. The summed E-state index contributed by atoms with van der Waals surface area (Å²) in [4.78, 5) is 36.0. The molecule has 4 rings (SSSR count). The van der Waals surface area contributed by atoms with Crippen LogP contribution in [0.3, 0.4) is 0 Å². The number of aromatic nitrogens is 3. The lowest BCUT2D eigenvalue weighted by atomic mass is 10.0. The Morgan fingerprint density at radius 1 is 1.19 bits per heavy atom. The van der Waals surface area contributed by atoms with Crippen molar-refractivity contribution in [2.24, 2.45) is 0 Å². The average Bonchev–Trinajstić information content (AvgIpc) is 2.88. The van der Waals surface area contributed by atoms with E-state index in [1.165, 1.54) is 14.2 Å². The highest BCUT2D eigenvalue weighted by Gasteiger charge is 2.25. The molecule has 11 nitrogen and oxygen atoms in total. The Bertz CT molecular complexity index is 1350. The van der Waals surface area contributed by atoms with E-state index in [0.717, 1.165) is 19.4 Å². The molecule has 1 aliphatic heterocycles. The van der Waals surface area contributed by atoms with Gasteiger partial charge >= 0.3 is 6.09 Å². The van der Waals surface area contributed by atoms with Gasteiger partial charge in [0.2, 0.25) is 5.95 Å². The summed E-state index contributed by atoms with van der Waals surface area (Å²) >= 11 is 13.3. The zero-order chi connectivity index (χ0) is 26.7. The molecule has 1 fully saturated rings. The van der Waals surface area contributed by atoms with Crippen LogP contribution in [0.4, 0.5) is 10.7 Å². The van der Waals surface area contributed by atoms with Crippen molar-refractivity contribution in [1.29, 1.82) is 0 Å². The third-order valence-corrected chi connectivity index (χ3v) is 7.12. The number of hydrogen-bond donors (Lipinski definition) is 3. The molecule has 3 N–H and O–H groups in total. The molecule has 3 heterocycles. The zero-order valence-corrected chi connectivity index (χ0v) is 22.2. The van der Waals surface area contributed by atoms with Gasteiger partial charge in [-0.15, -0.1) is 0 Å². The predicted octanol–water partition coefficient (Wildman–Crippen LogP) is 3.56. The number of rotatable bonds is 8. The molecule has 0 saturated carbocycles. The molecule has 0 bridgehead atoms. The van der Waals surface area contributed by atoms with Gasteiger partial charge in [0.05, 0.1) is 29.8 Å². The van der Waals surface area contributed by atoms with Crippen LogP contribution in [0.15, 0.2) is 23.1 Å². The van der Waals surface area contributed by atoms with Crippen LogP contribution >= 0.6 is 23.2 Å². The van der Waals surface area contributed by atoms with E-state index in [0.29, 0.717) is 53.7 Å². The number of likely N-dealkylation sites (tertiary alicyclic amines) is 1. The largest absolute Gasteiger partial charge is 0.495 e. The molecule has 2 aromatic heterocycles. The van der Waals surface area contributed by atoms with Crippen LogP contribution in [0.2, 0.25) is 10.0 Å². The summed E-state index contributed by atoms with van der Waals surface area (Å²) < 4.78 is 12.3. The molecular formula is C24H28Cl2N6O5. The first kappa shape index (κ1) is 26.8. The van der Waals surface area contributed by atoms with Crippen LogP contribution < -0.4 is 25.7 Å². The number of piperidine rings is 1. The summed E-state index contributed by atoms with van der Waals surface area (Å²) in [5, 5.41) is 15.5. The SMILES string of the molecule is CNc1ncc2cc(-c3c(Cl)c(OC)cc(OC)c3Cl)c(=O)n(CCN3CCCC(NC(=O)O)C3)c2n1. The lowest BCUT2D eigenvalue weighted by Gasteiger charge is -2.32. The number of carboxylic acid groups (broad SMARTS) is 1. The average molecular weight is 551 g/mol. The second-order valence-corrected chi connectivity index (χ2v) is 9.37. The number of nitrogens with zero attached hydrogens (tertiary/aromatic N) is 4. The molecule has 1 aromatic carbocycles. The van der Waals surface area contributed by atoms with Crippen LogP contribution in [0.5, 0.6) is 11.5 Å². The lowest BCUT2D eigenvalue weighted by Crippen LogP contribution is -2.48. The van der Waals surface area contributed by atoms with E-state index in [2.05, 4.69) is 25.5 Å². The van der Waals surface area contributed by atoms with Crippen molar-refractivity contribution in [2.75, 3.05) is 46.2 Å². The number of fused-ring (bicyclic) bond motifs is 1. The molecule has 1 amide bonds. The second kappa shape index (κ2) is 11.4. The summed E-state index contributed by atoms with van der Waals surface area (Å²) in [5.74, 6) is 1.00. The number of hydrogen-bond acceptors (Lipinski definition) is 8. The Kier molecular flexibility index (Phi) is 8.25. The fraction of sp³-hybridized carbons (Fsp3) is 0.417. The molecule has 37 heavy (non-hydrogen) atoms. The van der Waals surface area contributed by atoms with Crippen LogP contribution in [-0.2, 0) is 6.54 Å². The number of amides is 1. The Balaban J connectivity index is 1.81. The van der Waals surface area contributed by atoms with Crippen molar-refractivity contribution in [1.82, 2.24) is 24.8 Å². The number of pyridine rings is 1. The normalized spacial score (nSPS) is 16.0. The van der Waals surface area contributed by atoms with E-state index in [9.17, 15) is 9.59 Å². The number of halogens is 2. The zero-order valence-electron chi connectivity index (χ0n) is 20.7. The van der Waals surface area contributed by atoms with Gasteiger partial charge in [0.15, 0.2) is 0 Å². The number of methoxy groups -OCH3 is 2. The Hall–Kier alpha value is -3.28. The van der Waals surface area contributed by atoms with Crippen LogP contribution in [-0.4, -0.2) is 77.6 Å². The molecule has 0 aliphatic carbocycles. The van der Waals surface area contributed by atoms with Crippen molar-refractivity contribution in [3.63, 3.8) is 0 Å². The topological polar surface area (TPSA) is 131 Å². The third-order valence-electron chi connectivity index (χ3n) is 6.37. The summed E-state index contributed by atoms with van der Waals surface area (Å²) in [6.45, 7) is 2.17. The van der Waals surface area contributed by atoms with Crippen molar-refractivity contribution in [3.8, 4) is 22.6 Å². The molecule has 1 atom stereocenters. The van der Waals surface area contributed by atoms with E-state index in [1.807, 2.05) is 0 Å². The van der Waals surface area contributed by atoms with Gasteiger partial charge in [-0.3, -0.25) is 14.3 Å². The third kappa shape index (κ3) is 5.53. The van der Waals surface area contributed by atoms with Crippen LogP contribution in [0.1, 0.15) is 12.8 Å². The standard InChI is InChI=1S/C24H28Cl2N6O5/c1-27-23-28-11-13-9-15(18-19(25)16(36-2)10-17(37-3)20(18)26)22(33)32(21(13)30-23)8-7-31-6-4-5-14(12-31)29-24(34)35/h9-11,14,29H,4-8,12H2,1-3H3,(H,34,35)(H,27,28,30). The minimum absolute atomic E-state index is 0.161. The van der Waals surface area contributed by atoms with Crippen molar-refractivity contribution in [2.45, 2.75) is 25.4 Å². The minimum atomic E-state index is -1.04. The summed E-state index contributed by atoms with van der Waals surface area (Å²) in [7, 11) is 4.63. The first-order valence-electron chi connectivity index (χ1n) is 11.7. The monoisotopic (exact) mass is 550 g/mol. The minimum Gasteiger partial charge on any atom is -0.495 e. The molecule has 198 valence electrons. The smallest absolute Gasteiger partial charge is 0.404 e. The Labute approximate surface area is 223 Å². The molecule has 13 heteroatoms. The molecule has 0 spiro atoms. The second-order valence-electron chi connectivity index (χ2n) is 8.61. The maximum absolute atomic E-state index is 13.9. The highest BCUT2D eigenvalue weighted by Crippen LogP contribution is 2.45. The summed E-state index contributed by atoms with van der Waals surface area (Å²) in [5.41, 5.74) is 0.656. The van der Waals surface area contributed by atoms with Gasteiger partial charge in [0.1, 0.15) is 17.1 Å². The van der Waals surface area contributed by atoms with E-state index >= 15 is 0 Å². The quantitative estimate of drug-likeness (QED) is 0.385. The van der Waals surface area contributed by atoms with E-state index in [1.54, 1.807) is 29.9 Å². The van der Waals surface area contributed by atoms with Gasteiger partial charge in [-0.25, -0.2) is 9.78 Å². The number of ether oxygens (including phenoxy) is 2. The highest BCUT2D eigenvalue weighted by molar-refractivity contribution is 6.41. The van der Waals surface area contributed by atoms with Crippen molar-refractivity contribution >= 4 is 46.3 Å². The van der Waals surface area contributed by atoms with E-state index in [4.69, 9.17) is 37.8 Å². The van der Waals surface area contributed by atoms with Crippen LogP contribution in [0.25, 0.3) is 22.2 Å². The molecule has 1 saturated heterocycles. The van der Waals surface area contributed by atoms with Crippen molar-refractivity contribution in [3.05, 3.63) is 38.7 Å². The molecule has 0 radical (unpaired) electrons. The van der Waals surface area contributed by atoms with Crippen LogP contribution in [0, 0.1) is 0 Å². The summed E-state index contributed by atoms with van der Waals surface area (Å²) in [6.07, 6.45) is 2.21. The fourth-order valence-electron chi connectivity index (χ4n) is 4.58. The number of benzene rings is 1. The van der Waals surface area contributed by atoms with E-state index in [-0.39, 0.29) is 27.2 Å². The number of anilines is 1. The Morgan fingerprint density at radius 3 is 2.51 bits per heavy atom.